The summed E-state index contributed by atoms with van der Waals surface area (Å²) < 4.78 is 0. The van der Waals surface area contributed by atoms with E-state index in [0.29, 0.717) is 32.5 Å². The van der Waals surface area contributed by atoms with Gasteiger partial charge in [0.05, 0.1) is 23.4 Å². The zero-order chi connectivity index (χ0) is 46.0. The van der Waals surface area contributed by atoms with Gasteiger partial charge in [-0.05, 0) is 59.2 Å². The number of hydrazine groups is 1. The molecule has 2 fully saturated rings. The molecule has 4 N–H and O–H groups in total. The Balaban J connectivity index is 1.14. The number of aliphatic hydroxyl groups excluding tert-OH is 1. The first-order valence-electron chi connectivity index (χ1n) is 22.5. The second-order valence-electron chi connectivity index (χ2n) is 17.2. The minimum atomic E-state index is -1.24. The van der Waals surface area contributed by atoms with Crippen molar-refractivity contribution < 1.29 is 29.1 Å². The van der Waals surface area contributed by atoms with E-state index in [2.05, 4.69) is 26.0 Å². The zero-order valence-electron chi connectivity index (χ0n) is 37.5. The minimum Gasteiger partial charge on any atom is -0.390 e. The highest BCUT2D eigenvalue weighted by Gasteiger charge is 2.42. The molecule has 2 aliphatic rings. The van der Waals surface area contributed by atoms with Gasteiger partial charge in [0.2, 0.25) is 11.8 Å². The Morgan fingerprint density at radius 1 is 0.769 bits per heavy atom. The molecule has 0 spiro atoms. The summed E-state index contributed by atoms with van der Waals surface area (Å²) in [7, 11) is 0. The minimum absolute atomic E-state index is 0.131. The molecule has 0 bridgehead atoms. The molecule has 5 aromatic rings. The molecule has 2 saturated heterocycles. The molecule has 0 unspecified atom stereocenters. The molecule has 0 saturated carbocycles. The Morgan fingerprint density at radius 2 is 1.46 bits per heavy atom. The molecule has 15 nitrogen and oxygen atoms in total. The normalized spacial score (nSPS) is 16.9. The highest BCUT2D eigenvalue weighted by atomic mass is 16.3. The number of hydrogen-bond donors (Lipinski definition) is 4. The van der Waals surface area contributed by atoms with Crippen LogP contribution in [0.3, 0.4) is 0 Å². The summed E-state index contributed by atoms with van der Waals surface area (Å²) in [5.41, 5.74) is 8.18. The van der Waals surface area contributed by atoms with E-state index in [4.69, 9.17) is 0 Å². The molecule has 15 heteroatoms. The predicted octanol–water partition coefficient (Wildman–Crippen LogP) is 5.54. The first kappa shape index (κ1) is 46.3. The molecule has 4 heterocycles. The third-order valence-electron chi connectivity index (χ3n) is 12.7. The lowest BCUT2D eigenvalue weighted by Gasteiger charge is -2.36. The Labute approximate surface area is 380 Å². The van der Waals surface area contributed by atoms with E-state index in [0.717, 1.165) is 38.9 Å². The maximum atomic E-state index is 14.7. The van der Waals surface area contributed by atoms with Crippen LogP contribution < -0.4 is 16.1 Å². The van der Waals surface area contributed by atoms with Gasteiger partial charge in [-0.1, -0.05) is 119 Å². The second kappa shape index (κ2) is 21.3. The fraction of sp³-hybridized carbons (Fsp3) is 0.380. The van der Waals surface area contributed by atoms with Crippen molar-refractivity contribution in [2.24, 2.45) is 11.8 Å². The van der Waals surface area contributed by atoms with Gasteiger partial charge in [0, 0.05) is 56.1 Å². The van der Waals surface area contributed by atoms with Crippen LogP contribution in [0.5, 0.6) is 0 Å². The standard InChI is InChI=1S/C50H59N9O6/c1-5-33(3)45(58-27-26-56(50(58)65)30-38-23-25-52-41-18-11-10-16-39(38)41)47(62)53-42(28-35-14-8-7-9-15-35)43(60)31-57(29-36-19-21-37(22-20-36)40-17-12-13-24-51-40)55-48(63)46(34(4)6-2)59-32-44(61)54-49(59)64/h7-25,33-34,42-43,45-46,60H,5-6,26-32H2,1-4H3,(H,53,62)(H,55,63)(H,54,61,64)/t33-,34-,42-,43-,45-,46-/m0/s1. The van der Waals surface area contributed by atoms with E-state index in [9.17, 15) is 29.1 Å². The molecule has 7 rings (SSSR count). The Morgan fingerprint density at radius 3 is 2.14 bits per heavy atom. The lowest BCUT2D eigenvalue weighted by Crippen LogP contribution is -2.59. The number of imide groups is 1. The lowest BCUT2D eigenvalue weighted by molar-refractivity contribution is -0.134. The number of aromatic nitrogens is 2. The monoisotopic (exact) mass is 881 g/mol. The number of urea groups is 2. The zero-order valence-corrected chi connectivity index (χ0v) is 37.5. The van der Waals surface area contributed by atoms with Crippen LogP contribution in [0, 0.1) is 11.8 Å². The summed E-state index contributed by atoms with van der Waals surface area (Å²) in [4.78, 5) is 82.0. The predicted molar refractivity (Wildman–Crippen MR) is 247 cm³/mol. The number of nitrogens with one attached hydrogen (secondary N) is 3. The summed E-state index contributed by atoms with van der Waals surface area (Å²) in [6.45, 7) is 8.63. The average molecular weight is 882 g/mol. The number of amides is 7. The number of fused-ring (bicyclic) bond motifs is 1. The van der Waals surface area contributed by atoms with Crippen molar-refractivity contribution >= 4 is 40.7 Å². The fourth-order valence-electron chi connectivity index (χ4n) is 8.73. The number of aliphatic hydroxyl groups is 1. The van der Waals surface area contributed by atoms with Gasteiger partial charge in [-0.2, -0.15) is 0 Å². The quantitative estimate of drug-likeness (QED) is 0.0577. The number of hydrogen-bond acceptors (Lipinski definition) is 9. The molecular weight excluding hydrogens is 823 g/mol. The molecule has 2 aliphatic heterocycles. The van der Waals surface area contributed by atoms with Crippen LogP contribution in [0.15, 0.2) is 116 Å². The van der Waals surface area contributed by atoms with Crippen LogP contribution in [-0.2, 0) is 33.9 Å². The maximum Gasteiger partial charge on any atom is 0.325 e. The first-order chi connectivity index (χ1) is 31.4. The van der Waals surface area contributed by atoms with Gasteiger partial charge in [-0.25, -0.2) is 14.6 Å². The Bertz CT molecular complexity index is 2430. The number of nitrogens with zero attached hydrogens (tertiary/aromatic N) is 6. The van der Waals surface area contributed by atoms with E-state index < -0.39 is 42.1 Å². The number of carbonyl (C=O) groups excluding carboxylic acids is 5. The van der Waals surface area contributed by atoms with Crippen LogP contribution in [0.2, 0.25) is 0 Å². The van der Waals surface area contributed by atoms with Gasteiger partial charge in [0.15, 0.2) is 0 Å². The van der Waals surface area contributed by atoms with Gasteiger partial charge < -0.3 is 25.1 Å². The molecular formula is C50H59N9O6. The Hall–Kier alpha value is -6.71. The van der Waals surface area contributed by atoms with Crippen molar-refractivity contribution in [3.8, 4) is 11.3 Å². The highest BCUT2D eigenvalue weighted by molar-refractivity contribution is 6.04. The van der Waals surface area contributed by atoms with Crippen molar-refractivity contribution in [3.63, 3.8) is 0 Å². The first-order valence-corrected chi connectivity index (χ1v) is 22.5. The average Bonchev–Trinajstić information content (AvgIpc) is 3.84. The summed E-state index contributed by atoms with van der Waals surface area (Å²) in [6.07, 6.45) is 3.65. The van der Waals surface area contributed by atoms with Crippen LogP contribution in [0.4, 0.5) is 9.59 Å². The van der Waals surface area contributed by atoms with Crippen LogP contribution in [-0.4, -0.2) is 115 Å². The molecule has 2 aromatic heterocycles. The van der Waals surface area contributed by atoms with Crippen molar-refractivity contribution in [2.75, 3.05) is 26.2 Å². The van der Waals surface area contributed by atoms with E-state index in [-0.39, 0.29) is 49.8 Å². The third kappa shape index (κ3) is 11.2. The van der Waals surface area contributed by atoms with E-state index in [1.54, 1.807) is 27.2 Å². The highest BCUT2D eigenvalue weighted by Crippen LogP contribution is 2.26. The smallest absolute Gasteiger partial charge is 0.325 e. The van der Waals surface area contributed by atoms with Gasteiger partial charge in [0.1, 0.15) is 18.6 Å². The van der Waals surface area contributed by atoms with Crippen molar-refractivity contribution in [3.05, 3.63) is 132 Å². The molecule has 0 aliphatic carbocycles. The number of benzene rings is 3. The summed E-state index contributed by atoms with van der Waals surface area (Å²) in [5, 5.41) is 20.3. The lowest BCUT2D eigenvalue weighted by atomic mass is 9.95. The molecule has 3 aromatic carbocycles. The largest absolute Gasteiger partial charge is 0.390 e. The number of rotatable bonds is 20. The third-order valence-corrected chi connectivity index (χ3v) is 12.7. The summed E-state index contributed by atoms with van der Waals surface area (Å²) in [6, 6.07) is 29.1. The molecule has 340 valence electrons. The molecule has 6 atom stereocenters. The van der Waals surface area contributed by atoms with Crippen LogP contribution in [0.25, 0.3) is 22.2 Å². The van der Waals surface area contributed by atoms with Crippen LogP contribution in [0.1, 0.15) is 57.2 Å². The van der Waals surface area contributed by atoms with Crippen molar-refractivity contribution in [1.29, 1.82) is 0 Å². The SMILES string of the molecule is CC[C@H](C)[C@@H](C(=O)NN(Cc1ccc(-c2ccccn2)cc1)C[C@H](O)[C@H](Cc1ccccc1)NC(=O)[C@H]([C@@H](C)CC)N1CCN(Cc2ccnc3ccccc23)C1=O)N1CC(=O)NC1=O. The second-order valence-corrected chi connectivity index (χ2v) is 17.2. The summed E-state index contributed by atoms with van der Waals surface area (Å²) in [5.74, 6) is -1.92. The number of para-hydroxylation sites is 1. The molecule has 0 radical (unpaired) electrons. The summed E-state index contributed by atoms with van der Waals surface area (Å²) >= 11 is 0. The van der Waals surface area contributed by atoms with Crippen LogP contribution >= 0.6 is 0 Å². The van der Waals surface area contributed by atoms with E-state index in [1.807, 2.05) is 131 Å². The van der Waals surface area contributed by atoms with E-state index >= 15 is 0 Å². The van der Waals surface area contributed by atoms with Gasteiger partial charge >= 0.3 is 12.1 Å². The number of pyridine rings is 2. The molecule has 65 heavy (non-hydrogen) atoms. The van der Waals surface area contributed by atoms with Crippen molar-refractivity contribution in [1.82, 2.24) is 45.7 Å². The van der Waals surface area contributed by atoms with Crippen molar-refractivity contribution in [2.45, 2.75) is 84.3 Å². The van der Waals surface area contributed by atoms with Gasteiger partial charge in [0.25, 0.3) is 5.91 Å². The molecule has 7 amide bonds. The number of carbonyl (C=O) groups is 5. The van der Waals surface area contributed by atoms with Gasteiger partial charge in [-0.15, -0.1) is 0 Å². The Kier molecular flexibility index (Phi) is 15.2. The van der Waals surface area contributed by atoms with E-state index in [1.165, 1.54) is 4.90 Å². The van der Waals surface area contributed by atoms with Gasteiger partial charge in [-0.3, -0.25) is 35.1 Å². The topological polar surface area (TPSA) is 180 Å². The maximum absolute atomic E-state index is 14.7. The fourth-order valence-corrected chi connectivity index (χ4v) is 8.73.